The second kappa shape index (κ2) is 6.72. The Balaban J connectivity index is 1.91. The Kier molecular flexibility index (Phi) is 4.98. The molecule has 1 unspecified atom stereocenters. The van der Waals surface area contributed by atoms with Crippen LogP contribution in [-0.4, -0.2) is 23.0 Å². The fraction of sp³-hybridized carbons (Fsp3) is 0.286. The average Bonchev–Trinajstić information content (AvgIpc) is 2.85. The topological polar surface area (TPSA) is 45.2 Å². The van der Waals surface area contributed by atoms with Gasteiger partial charge < -0.3 is 10.2 Å². The predicted octanol–water partition coefficient (Wildman–Crippen LogP) is 3.70. The van der Waals surface area contributed by atoms with Crippen molar-refractivity contribution in [3.05, 3.63) is 51.4 Å². The lowest BCUT2D eigenvalue weighted by molar-refractivity contribution is 0.204. The number of amides is 2. The highest BCUT2D eigenvalue weighted by atomic mass is 35.5. The van der Waals surface area contributed by atoms with Crippen LogP contribution in [0.15, 0.2) is 36.7 Å². The molecule has 0 aromatic carbocycles. The third kappa shape index (κ3) is 3.95. The van der Waals surface area contributed by atoms with Crippen LogP contribution in [0, 0.1) is 0 Å². The molecular weight excluding hydrogens is 294 g/mol. The van der Waals surface area contributed by atoms with E-state index in [1.807, 2.05) is 31.2 Å². The number of carbonyl (C=O) groups is 1. The summed E-state index contributed by atoms with van der Waals surface area (Å²) in [6.45, 7) is 2.50. The number of halogens is 1. The number of hydrogen-bond donors (Lipinski definition) is 1. The summed E-state index contributed by atoms with van der Waals surface area (Å²) in [6.07, 6.45) is 3.44. The molecule has 0 fully saturated rings. The Hall–Kier alpha value is -1.59. The number of aromatic nitrogens is 1. The van der Waals surface area contributed by atoms with Gasteiger partial charge in [0.1, 0.15) is 0 Å². The second-order valence-corrected chi connectivity index (χ2v) is 6.31. The molecule has 0 aliphatic rings. The molecule has 0 bridgehead atoms. The van der Waals surface area contributed by atoms with Crippen molar-refractivity contribution in [3.8, 4) is 0 Å². The zero-order valence-electron chi connectivity index (χ0n) is 11.3. The van der Waals surface area contributed by atoms with Crippen LogP contribution >= 0.6 is 22.9 Å². The van der Waals surface area contributed by atoms with Crippen LogP contribution in [0.2, 0.25) is 4.34 Å². The highest BCUT2D eigenvalue weighted by Crippen LogP contribution is 2.22. The number of carbonyl (C=O) groups excluding carboxylic acids is 1. The second-order valence-electron chi connectivity index (χ2n) is 4.51. The van der Waals surface area contributed by atoms with Crippen molar-refractivity contribution in [1.29, 1.82) is 0 Å². The largest absolute Gasteiger partial charge is 0.331 e. The summed E-state index contributed by atoms with van der Waals surface area (Å²) in [5, 5.41) is 2.95. The van der Waals surface area contributed by atoms with Gasteiger partial charge in [0.25, 0.3) is 0 Å². The summed E-state index contributed by atoms with van der Waals surface area (Å²) in [5.74, 6) is 0. The van der Waals surface area contributed by atoms with Crippen molar-refractivity contribution in [3.63, 3.8) is 0 Å². The maximum atomic E-state index is 12.1. The first kappa shape index (κ1) is 14.8. The van der Waals surface area contributed by atoms with Gasteiger partial charge in [-0.1, -0.05) is 11.6 Å². The molecule has 0 saturated carbocycles. The minimum absolute atomic E-state index is 0.0557. The van der Waals surface area contributed by atoms with Gasteiger partial charge in [-0.15, -0.1) is 11.3 Å². The zero-order valence-corrected chi connectivity index (χ0v) is 12.9. The van der Waals surface area contributed by atoms with E-state index in [0.717, 1.165) is 14.8 Å². The van der Waals surface area contributed by atoms with Crippen molar-refractivity contribution in [1.82, 2.24) is 15.2 Å². The summed E-state index contributed by atoms with van der Waals surface area (Å²) in [5.41, 5.74) is 1.03. The maximum absolute atomic E-state index is 12.1. The number of urea groups is 1. The van der Waals surface area contributed by atoms with Gasteiger partial charge in [-0.2, -0.15) is 0 Å². The van der Waals surface area contributed by atoms with Gasteiger partial charge in [0, 0.05) is 24.3 Å². The molecule has 2 heterocycles. The van der Waals surface area contributed by atoms with E-state index in [0.29, 0.717) is 6.54 Å². The molecule has 0 aliphatic carbocycles. The normalized spacial score (nSPS) is 11.9. The van der Waals surface area contributed by atoms with Gasteiger partial charge in [0.2, 0.25) is 0 Å². The van der Waals surface area contributed by atoms with E-state index < -0.39 is 0 Å². The molecule has 0 radical (unpaired) electrons. The molecule has 2 rings (SSSR count). The minimum atomic E-state index is -0.112. The lowest BCUT2D eigenvalue weighted by Crippen LogP contribution is -2.38. The fourth-order valence-electron chi connectivity index (χ4n) is 1.77. The minimum Gasteiger partial charge on any atom is -0.331 e. The molecule has 1 N–H and O–H groups in total. The Morgan fingerprint density at radius 1 is 1.40 bits per heavy atom. The van der Waals surface area contributed by atoms with E-state index in [1.54, 1.807) is 24.3 Å². The van der Waals surface area contributed by atoms with Crippen molar-refractivity contribution >= 4 is 29.0 Å². The number of rotatable bonds is 4. The van der Waals surface area contributed by atoms with Gasteiger partial charge in [-0.3, -0.25) is 4.98 Å². The van der Waals surface area contributed by atoms with Crippen LogP contribution in [0.1, 0.15) is 23.4 Å². The van der Waals surface area contributed by atoms with Crippen LogP contribution in [0.4, 0.5) is 4.79 Å². The van der Waals surface area contributed by atoms with Crippen molar-refractivity contribution < 1.29 is 4.79 Å². The molecule has 6 heteroatoms. The third-order valence-electron chi connectivity index (χ3n) is 2.91. The maximum Gasteiger partial charge on any atom is 0.317 e. The number of thiophene rings is 1. The standard InChI is InChI=1S/C14H16ClN3OS/c1-10(11-5-7-16-8-6-11)17-14(19)18(2)9-12-3-4-13(15)20-12/h3-8,10H,9H2,1-2H3,(H,17,19). The summed E-state index contributed by atoms with van der Waals surface area (Å²) >= 11 is 7.37. The van der Waals surface area contributed by atoms with Gasteiger partial charge in [-0.05, 0) is 36.8 Å². The molecule has 1 atom stereocenters. The first-order valence-electron chi connectivity index (χ1n) is 6.22. The van der Waals surface area contributed by atoms with Gasteiger partial charge in [0.15, 0.2) is 0 Å². The Morgan fingerprint density at radius 2 is 2.10 bits per heavy atom. The number of nitrogens with one attached hydrogen (secondary N) is 1. The van der Waals surface area contributed by atoms with Crippen molar-refractivity contribution in [2.24, 2.45) is 0 Å². The van der Waals surface area contributed by atoms with Gasteiger partial charge >= 0.3 is 6.03 Å². The van der Waals surface area contributed by atoms with Crippen LogP contribution < -0.4 is 5.32 Å². The number of pyridine rings is 1. The van der Waals surface area contributed by atoms with Crippen LogP contribution in [0.3, 0.4) is 0 Å². The monoisotopic (exact) mass is 309 g/mol. The SMILES string of the molecule is CC(NC(=O)N(C)Cc1ccc(Cl)s1)c1ccncc1. The van der Waals surface area contributed by atoms with Gasteiger partial charge in [0.05, 0.1) is 16.9 Å². The molecule has 20 heavy (non-hydrogen) atoms. The summed E-state index contributed by atoms with van der Waals surface area (Å²) in [6, 6.07) is 7.39. The van der Waals surface area contributed by atoms with Crippen LogP contribution in [-0.2, 0) is 6.54 Å². The first-order valence-corrected chi connectivity index (χ1v) is 7.41. The highest BCUT2D eigenvalue weighted by molar-refractivity contribution is 7.16. The Labute approximate surface area is 127 Å². The molecule has 0 aliphatic heterocycles. The molecule has 106 valence electrons. The van der Waals surface area contributed by atoms with E-state index in [4.69, 9.17) is 11.6 Å². The van der Waals surface area contributed by atoms with E-state index in [9.17, 15) is 4.79 Å². The molecular formula is C14H16ClN3OS. The first-order chi connectivity index (χ1) is 9.56. The lowest BCUT2D eigenvalue weighted by atomic mass is 10.1. The Bertz CT molecular complexity index is 573. The lowest BCUT2D eigenvalue weighted by Gasteiger charge is -2.21. The fourth-order valence-corrected chi connectivity index (χ4v) is 2.91. The van der Waals surface area contributed by atoms with E-state index in [2.05, 4.69) is 10.3 Å². The van der Waals surface area contributed by atoms with Crippen molar-refractivity contribution in [2.75, 3.05) is 7.05 Å². The predicted molar refractivity (Wildman–Crippen MR) is 82.0 cm³/mol. The molecule has 0 spiro atoms. The summed E-state index contributed by atoms with van der Waals surface area (Å²) in [4.78, 5) is 18.8. The van der Waals surface area contributed by atoms with Crippen molar-refractivity contribution in [2.45, 2.75) is 19.5 Å². The Morgan fingerprint density at radius 3 is 2.70 bits per heavy atom. The quantitative estimate of drug-likeness (QED) is 0.936. The molecule has 2 amide bonds. The van der Waals surface area contributed by atoms with Crippen LogP contribution in [0.5, 0.6) is 0 Å². The summed E-state index contributed by atoms with van der Waals surface area (Å²) in [7, 11) is 1.77. The number of hydrogen-bond acceptors (Lipinski definition) is 3. The van der Waals surface area contributed by atoms with Crippen LogP contribution in [0.25, 0.3) is 0 Å². The average molecular weight is 310 g/mol. The molecule has 2 aromatic rings. The van der Waals surface area contributed by atoms with E-state index >= 15 is 0 Å². The molecule has 4 nitrogen and oxygen atoms in total. The molecule has 0 saturated heterocycles. The smallest absolute Gasteiger partial charge is 0.317 e. The molecule has 2 aromatic heterocycles. The van der Waals surface area contributed by atoms with Gasteiger partial charge in [-0.25, -0.2) is 4.79 Å². The van der Waals surface area contributed by atoms with E-state index in [1.165, 1.54) is 11.3 Å². The zero-order chi connectivity index (χ0) is 14.5. The third-order valence-corrected chi connectivity index (χ3v) is 4.13. The highest BCUT2D eigenvalue weighted by Gasteiger charge is 2.14. The van der Waals surface area contributed by atoms with E-state index in [-0.39, 0.29) is 12.1 Å². The number of nitrogens with zero attached hydrogens (tertiary/aromatic N) is 2. The summed E-state index contributed by atoms with van der Waals surface area (Å²) < 4.78 is 0.735.